The van der Waals surface area contributed by atoms with E-state index in [9.17, 15) is 0 Å². The van der Waals surface area contributed by atoms with E-state index < -0.39 is 0 Å². The molecule has 1 nitrogen and oxygen atoms in total. The summed E-state index contributed by atoms with van der Waals surface area (Å²) in [5.74, 6) is 0.832. The van der Waals surface area contributed by atoms with Gasteiger partial charge in [0.2, 0.25) is 0 Å². The molecule has 0 atom stereocenters. The first-order valence-corrected chi connectivity index (χ1v) is 5.58. The van der Waals surface area contributed by atoms with Crippen LogP contribution in [0, 0.1) is 11.3 Å². The van der Waals surface area contributed by atoms with Crippen molar-refractivity contribution in [1.29, 1.82) is 0 Å². The van der Waals surface area contributed by atoms with Crippen molar-refractivity contribution in [3.8, 4) is 0 Å². The minimum Gasteiger partial charge on any atom is 0 e. The van der Waals surface area contributed by atoms with E-state index in [2.05, 4.69) is 31.2 Å². The molecule has 0 saturated heterocycles. The minimum absolute atomic E-state index is 0. The van der Waals surface area contributed by atoms with Gasteiger partial charge in [-0.1, -0.05) is 0 Å². The molecule has 0 aliphatic rings. The van der Waals surface area contributed by atoms with Crippen LogP contribution in [-0.2, 0) is 40.7 Å². The van der Waals surface area contributed by atoms with E-state index in [0.717, 1.165) is 12.5 Å². The maximum atomic E-state index is 4.27. The van der Waals surface area contributed by atoms with Gasteiger partial charge in [0, 0.05) is 21.1 Å². The Morgan fingerprint density at radius 1 is 1.33 bits per heavy atom. The van der Waals surface area contributed by atoms with Crippen LogP contribution in [0.3, 0.4) is 0 Å². The Bertz CT molecular complexity index is 122. The quantitative estimate of drug-likeness (QED) is 0.541. The molecule has 0 N–H and O–H groups in total. The zero-order valence-electron chi connectivity index (χ0n) is 8.46. The molecule has 0 aromatic carbocycles. The molecule has 0 spiro atoms. The van der Waals surface area contributed by atoms with E-state index in [1.165, 1.54) is 32.5 Å². The van der Waals surface area contributed by atoms with Crippen molar-refractivity contribution in [3.63, 3.8) is 0 Å². The Balaban J connectivity index is 0. The Morgan fingerprint density at radius 3 is 2.17 bits per heavy atom. The summed E-state index contributed by atoms with van der Waals surface area (Å²) in [5.41, 5.74) is 0.437. The summed E-state index contributed by atoms with van der Waals surface area (Å²) < 4.78 is 4.27. The van der Waals surface area contributed by atoms with Crippen molar-refractivity contribution in [2.75, 3.05) is 6.54 Å². The molecule has 0 aromatic rings. The molecule has 3 heteroatoms. The topological polar surface area (TPSA) is 12.4 Å². The third-order valence-corrected chi connectivity index (χ3v) is 2.35. The second-order valence-corrected chi connectivity index (χ2v) is 5.31. The van der Waals surface area contributed by atoms with Crippen molar-refractivity contribution < 1.29 is 40.7 Å². The van der Waals surface area contributed by atoms with Gasteiger partial charge in [-0.15, -0.1) is 0 Å². The van der Waals surface area contributed by atoms with Crippen LogP contribution >= 0.6 is 0 Å². The zero-order valence-corrected chi connectivity index (χ0v) is 14.3. The Morgan fingerprint density at radius 2 is 1.83 bits per heavy atom. The van der Waals surface area contributed by atoms with Crippen LogP contribution in [-0.4, -0.2) is 6.54 Å². The first-order chi connectivity index (χ1) is 4.98. The molecular formula is C9H19NW2. The average molecular weight is 509 g/mol. The standard InChI is InChI=1S/C9H19N.2W/c1-8(2)5-6-9(3,4)7-10;;/h8H,5-7H2,1-4H3;;. The molecule has 0 fully saturated rings. The van der Waals surface area contributed by atoms with Crippen molar-refractivity contribution in [2.24, 2.45) is 14.8 Å². The Kier molecular flexibility index (Phi) is 9.86. The van der Waals surface area contributed by atoms with E-state index in [4.69, 9.17) is 0 Å². The van der Waals surface area contributed by atoms with Crippen LogP contribution in [0.25, 0.3) is 0 Å². The van der Waals surface area contributed by atoms with Crippen LogP contribution < -0.4 is 0 Å². The smallest absolute Gasteiger partial charge is 0 e. The van der Waals surface area contributed by atoms with E-state index in [1.54, 1.807) is 0 Å². The fraction of sp³-hybridized carbons (Fsp3) is 1.00. The van der Waals surface area contributed by atoms with Crippen molar-refractivity contribution >= 4 is 0 Å². The Hall–Kier alpha value is 1.18. The molecule has 0 saturated carbocycles. The van der Waals surface area contributed by atoms with Gasteiger partial charge >= 0.3 is 81.5 Å². The molecule has 0 heterocycles. The molecule has 0 aromatic heterocycles. The maximum Gasteiger partial charge on any atom is 0 e. The summed E-state index contributed by atoms with van der Waals surface area (Å²) in [7, 11) is 0. The molecule has 72 valence electrons. The summed E-state index contributed by atoms with van der Waals surface area (Å²) in [5, 5.41) is 0. The largest absolute Gasteiger partial charge is 0 e. The first-order valence-electron chi connectivity index (χ1n) is 4.27. The molecule has 0 unspecified atom stereocenters. The number of nitrogens with zero attached hydrogens (tertiary/aromatic N) is 1. The number of hydrogen-bond acceptors (Lipinski definition) is 1. The molecule has 0 aliphatic heterocycles. The van der Waals surface area contributed by atoms with E-state index in [0.29, 0.717) is 5.41 Å². The van der Waals surface area contributed by atoms with E-state index >= 15 is 0 Å². The molecule has 0 rings (SSSR count). The average Bonchev–Trinajstić information content (AvgIpc) is 1.84. The summed E-state index contributed by atoms with van der Waals surface area (Å²) in [4.78, 5) is 0. The van der Waals surface area contributed by atoms with E-state index in [1.807, 2.05) is 0 Å². The van der Waals surface area contributed by atoms with Gasteiger partial charge in [0.25, 0.3) is 0 Å². The first kappa shape index (κ1) is 15.6. The summed E-state index contributed by atoms with van der Waals surface area (Å²) in [6.07, 6.45) is 2.64. The van der Waals surface area contributed by atoms with Crippen LogP contribution in [0.15, 0.2) is 3.50 Å². The number of rotatable bonds is 5. The minimum atomic E-state index is 0. The molecule has 12 heavy (non-hydrogen) atoms. The summed E-state index contributed by atoms with van der Waals surface area (Å²) >= 11 is 1.36. The van der Waals surface area contributed by atoms with Gasteiger partial charge in [0.05, 0.1) is 0 Å². The van der Waals surface area contributed by atoms with Crippen LogP contribution in [0.4, 0.5) is 0 Å². The second kappa shape index (κ2) is 7.57. The predicted octanol–water partition coefficient (Wildman–Crippen LogP) is 3.18. The van der Waals surface area contributed by atoms with Gasteiger partial charge in [0.1, 0.15) is 0 Å². The summed E-state index contributed by atoms with van der Waals surface area (Å²) in [6, 6.07) is 0. The predicted molar refractivity (Wildman–Crippen MR) is 45.1 cm³/mol. The van der Waals surface area contributed by atoms with Gasteiger partial charge in [-0.05, 0) is 0 Å². The third kappa shape index (κ3) is 9.27. The van der Waals surface area contributed by atoms with Crippen molar-refractivity contribution in [3.05, 3.63) is 0 Å². The van der Waals surface area contributed by atoms with Gasteiger partial charge < -0.3 is 0 Å². The molecule has 0 amide bonds. The molecular weight excluding hydrogens is 490 g/mol. The molecule has 0 bridgehead atoms. The monoisotopic (exact) mass is 509 g/mol. The Labute approximate surface area is 102 Å². The third-order valence-electron chi connectivity index (χ3n) is 1.89. The fourth-order valence-electron chi connectivity index (χ4n) is 0.933. The van der Waals surface area contributed by atoms with Crippen molar-refractivity contribution in [1.82, 2.24) is 0 Å². The summed E-state index contributed by atoms with van der Waals surface area (Å²) in [6.45, 7) is 10.2. The van der Waals surface area contributed by atoms with Crippen LogP contribution in [0.2, 0.25) is 0 Å². The van der Waals surface area contributed by atoms with E-state index in [-0.39, 0.29) is 21.1 Å². The second-order valence-electron chi connectivity index (χ2n) is 4.38. The van der Waals surface area contributed by atoms with Crippen LogP contribution in [0.1, 0.15) is 40.5 Å². The van der Waals surface area contributed by atoms with Gasteiger partial charge in [-0.25, -0.2) is 0 Å². The SMILES string of the molecule is CC(C)CCC(C)(C)C[N]=[W].[W]. The molecule has 0 aliphatic carbocycles. The van der Waals surface area contributed by atoms with Gasteiger partial charge in [0.15, 0.2) is 0 Å². The fourth-order valence-corrected chi connectivity index (χ4v) is 2.19. The normalized spacial score (nSPS) is 11.1. The van der Waals surface area contributed by atoms with Crippen molar-refractivity contribution in [2.45, 2.75) is 40.5 Å². The maximum absolute atomic E-state index is 4.27. The number of hydrogen-bond donors (Lipinski definition) is 0. The molecule has 0 radical (unpaired) electrons. The van der Waals surface area contributed by atoms with Gasteiger partial charge in [-0.3, -0.25) is 0 Å². The van der Waals surface area contributed by atoms with Crippen LogP contribution in [0.5, 0.6) is 0 Å². The van der Waals surface area contributed by atoms with Gasteiger partial charge in [-0.2, -0.15) is 0 Å². The zero-order chi connectivity index (χ0) is 8.91.